The SMILES string of the molecule is O=[N+]([O-])c1ccc(NC(CN2CCCC2)c2ccccc2)nc1. The fourth-order valence-electron chi connectivity index (χ4n) is 2.90. The molecular weight excluding hydrogens is 292 g/mol. The first-order valence-electron chi connectivity index (χ1n) is 7.86. The van der Waals surface area contributed by atoms with Gasteiger partial charge in [0.1, 0.15) is 12.0 Å². The van der Waals surface area contributed by atoms with E-state index in [0.29, 0.717) is 5.82 Å². The third-order valence-corrected chi connectivity index (χ3v) is 4.12. The van der Waals surface area contributed by atoms with Gasteiger partial charge < -0.3 is 10.2 Å². The highest BCUT2D eigenvalue weighted by Gasteiger charge is 2.19. The fourth-order valence-corrected chi connectivity index (χ4v) is 2.90. The van der Waals surface area contributed by atoms with Crippen LogP contribution in [0.25, 0.3) is 0 Å². The quantitative estimate of drug-likeness (QED) is 0.655. The van der Waals surface area contributed by atoms with Crippen LogP contribution in [0.15, 0.2) is 48.7 Å². The molecule has 3 rings (SSSR count). The van der Waals surface area contributed by atoms with Gasteiger partial charge >= 0.3 is 0 Å². The van der Waals surface area contributed by atoms with Gasteiger partial charge in [-0.15, -0.1) is 0 Å². The van der Waals surface area contributed by atoms with Crippen LogP contribution in [0.5, 0.6) is 0 Å². The lowest BCUT2D eigenvalue weighted by Gasteiger charge is -2.25. The summed E-state index contributed by atoms with van der Waals surface area (Å²) in [5.74, 6) is 0.656. The number of anilines is 1. The Balaban J connectivity index is 1.76. The van der Waals surface area contributed by atoms with Crippen molar-refractivity contribution in [2.45, 2.75) is 18.9 Å². The molecule has 1 unspecified atom stereocenters. The molecule has 1 atom stereocenters. The van der Waals surface area contributed by atoms with E-state index >= 15 is 0 Å². The number of benzene rings is 1. The van der Waals surface area contributed by atoms with Gasteiger partial charge in [-0.2, -0.15) is 0 Å². The summed E-state index contributed by atoms with van der Waals surface area (Å²) in [5.41, 5.74) is 1.20. The topological polar surface area (TPSA) is 71.3 Å². The van der Waals surface area contributed by atoms with Gasteiger partial charge in [0.2, 0.25) is 0 Å². The van der Waals surface area contributed by atoms with Crippen LogP contribution >= 0.6 is 0 Å². The third kappa shape index (κ3) is 4.04. The third-order valence-electron chi connectivity index (χ3n) is 4.12. The lowest BCUT2D eigenvalue weighted by Crippen LogP contribution is -2.29. The second-order valence-electron chi connectivity index (χ2n) is 5.77. The zero-order valence-corrected chi connectivity index (χ0v) is 12.9. The minimum absolute atomic E-state index is 0.00588. The molecule has 2 heterocycles. The average Bonchev–Trinajstić information content (AvgIpc) is 3.09. The van der Waals surface area contributed by atoms with Crippen molar-refractivity contribution in [3.63, 3.8) is 0 Å². The maximum Gasteiger partial charge on any atom is 0.287 e. The fraction of sp³-hybridized carbons (Fsp3) is 0.353. The summed E-state index contributed by atoms with van der Waals surface area (Å²) in [6, 6.07) is 13.5. The van der Waals surface area contributed by atoms with Crippen LogP contribution in [0.2, 0.25) is 0 Å². The molecule has 0 spiro atoms. The molecule has 120 valence electrons. The molecule has 0 aliphatic carbocycles. The number of pyridine rings is 1. The summed E-state index contributed by atoms with van der Waals surface area (Å²) in [6.07, 6.45) is 3.79. The highest BCUT2D eigenvalue weighted by molar-refractivity contribution is 5.42. The Morgan fingerprint density at radius 1 is 1.17 bits per heavy atom. The summed E-state index contributed by atoms with van der Waals surface area (Å²) in [6.45, 7) is 3.15. The average molecular weight is 312 g/mol. The van der Waals surface area contributed by atoms with Gasteiger partial charge in [0.25, 0.3) is 5.69 Å². The molecule has 0 radical (unpaired) electrons. The van der Waals surface area contributed by atoms with Crippen molar-refractivity contribution < 1.29 is 4.92 Å². The molecule has 1 saturated heterocycles. The molecule has 1 aromatic carbocycles. The standard InChI is InChI=1S/C17H20N4O2/c22-21(23)15-8-9-17(18-12-15)19-16(13-20-10-4-5-11-20)14-6-2-1-3-7-14/h1-3,6-9,12,16H,4-5,10-11,13H2,(H,18,19). The maximum absolute atomic E-state index is 10.7. The predicted octanol–water partition coefficient (Wildman–Crippen LogP) is 3.24. The molecule has 1 aliphatic heterocycles. The normalized spacial score (nSPS) is 16.2. The Hall–Kier alpha value is -2.47. The van der Waals surface area contributed by atoms with Crippen molar-refractivity contribution in [3.8, 4) is 0 Å². The Morgan fingerprint density at radius 2 is 1.91 bits per heavy atom. The summed E-state index contributed by atoms with van der Waals surface area (Å²) in [5, 5.41) is 14.1. The van der Waals surface area contributed by atoms with E-state index in [1.54, 1.807) is 6.07 Å². The van der Waals surface area contributed by atoms with E-state index in [9.17, 15) is 10.1 Å². The number of nitrogens with one attached hydrogen (secondary N) is 1. The minimum atomic E-state index is -0.435. The number of nitrogens with zero attached hydrogens (tertiary/aromatic N) is 3. The van der Waals surface area contributed by atoms with E-state index in [1.807, 2.05) is 18.2 Å². The summed E-state index contributed by atoms with van der Waals surface area (Å²) < 4.78 is 0. The molecule has 1 N–H and O–H groups in total. The Kier molecular flexibility index (Phi) is 4.83. The maximum atomic E-state index is 10.7. The van der Waals surface area contributed by atoms with Crippen molar-refractivity contribution in [2.75, 3.05) is 25.0 Å². The largest absolute Gasteiger partial charge is 0.362 e. The minimum Gasteiger partial charge on any atom is -0.362 e. The van der Waals surface area contributed by atoms with Gasteiger partial charge in [0.15, 0.2) is 0 Å². The zero-order chi connectivity index (χ0) is 16.1. The Bertz CT molecular complexity index is 639. The van der Waals surface area contributed by atoms with E-state index in [2.05, 4.69) is 27.3 Å². The number of hydrogen-bond acceptors (Lipinski definition) is 5. The van der Waals surface area contributed by atoms with E-state index in [4.69, 9.17) is 0 Å². The second kappa shape index (κ2) is 7.19. The molecule has 23 heavy (non-hydrogen) atoms. The van der Waals surface area contributed by atoms with Crippen molar-refractivity contribution in [2.24, 2.45) is 0 Å². The lowest BCUT2D eigenvalue weighted by molar-refractivity contribution is -0.385. The van der Waals surface area contributed by atoms with Gasteiger partial charge in [0, 0.05) is 12.6 Å². The number of nitro groups is 1. The first-order chi connectivity index (χ1) is 11.2. The van der Waals surface area contributed by atoms with E-state index in [1.165, 1.54) is 30.7 Å². The van der Waals surface area contributed by atoms with Crippen LogP contribution in [-0.2, 0) is 0 Å². The molecule has 6 heteroatoms. The highest BCUT2D eigenvalue weighted by Crippen LogP contribution is 2.22. The molecular formula is C17H20N4O2. The lowest BCUT2D eigenvalue weighted by atomic mass is 10.1. The molecule has 1 aromatic heterocycles. The van der Waals surface area contributed by atoms with Crippen molar-refractivity contribution in [3.05, 3.63) is 64.3 Å². The molecule has 6 nitrogen and oxygen atoms in total. The van der Waals surface area contributed by atoms with Crippen LogP contribution in [0.3, 0.4) is 0 Å². The highest BCUT2D eigenvalue weighted by atomic mass is 16.6. The van der Waals surface area contributed by atoms with Gasteiger partial charge in [-0.05, 0) is 37.6 Å². The second-order valence-corrected chi connectivity index (χ2v) is 5.77. The first kappa shape index (κ1) is 15.4. The number of hydrogen-bond donors (Lipinski definition) is 1. The Morgan fingerprint density at radius 3 is 2.52 bits per heavy atom. The van der Waals surface area contributed by atoms with Crippen LogP contribution in [-0.4, -0.2) is 34.4 Å². The smallest absolute Gasteiger partial charge is 0.287 e. The van der Waals surface area contributed by atoms with Gasteiger partial charge in [-0.1, -0.05) is 30.3 Å². The van der Waals surface area contributed by atoms with Crippen molar-refractivity contribution >= 4 is 11.5 Å². The molecule has 0 saturated carbocycles. The van der Waals surface area contributed by atoms with Gasteiger partial charge in [0.05, 0.1) is 11.0 Å². The van der Waals surface area contributed by atoms with Crippen LogP contribution in [0.1, 0.15) is 24.4 Å². The van der Waals surface area contributed by atoms with Gasteiger partial charge in [-0.3, -0.25) is 10.1 Å². The van der Waals surface area contributed by atoms with Crippen LogP contribution < -0.4 is 5.32 Å². The van der Waals surface area contributed by atoms with Gasteiger partial charge in [-0.25, -0.2) is 4.98 Å². The number of likely N-dealkylation sites (tertiary alicyclic amines) is 1. The Labute approximate surface area is 135 Å². The molecule has 2 aromatic rings. The first-order valence-corrected chi connectivity index (χ1v) is 7.86. The summed E-state index contributed by atoms with van der Waals surface area (Å²) in [4.78, 5) is 16.9. The van der Waals surface area contributed by atoms with E-state index < -0.39 is 4.92 Å². The molecule has 1 fully saturated rings. The molecule has 0 amide bonds. The number of rotatable bonds is 6. The van der Waals surface area contributed by atoms with Crippen LogP contribution in [0.4, 0.5) is 11.5 Å². The van der Waals surface area contributed by atoms with E-state index in [0.717, 1.165) is 19.6 Å². The molecule has 0 bridgehead atoms. The molecule has 1 aliphatic rings. The van der Waals surface area contributed by atoms with Crippen LogP contribution in [0, 0.1) is 10.1 Å². The number of aromatic nitrogens is 1. The van der Waals surface area contributed by atoms with Crippen molar-refractivity contribution in [1.82, 2.24) is 9.88 Å². The summed E-state index contributed by atoms with van der Waals surface area (Å²) >= 11 is 0. The monoisotopic (exact) mass is 312 g/mol. The zero-order valence-electron chi connectivity index (χ0n) is 12.9. The summed E-state index contributed by atoms with van der Waals surface area (Å²) in [7, 11) is 0. The van der Waals surface area contributed by atoms with Crippen molar-refractivity contribution in [1.29, 1.82) is 0 Å². The predicted molar refractivity (Wildman–Crippen MR) is 89.4 cm³/mol. The van der Waals surface area contributed by atoms with E-state index in [-0.39, 0.29) is 11.7 Å².